The average molecular weight is 379 g/mol. The molecule has 0 saturated carbocycles. The van der Waals surface area contributed by atoms with Crippen molar-refractivity contribution >= 4 is 27.5 Å². The van der Waals surface area contributed by atoms with Gasteiger partial charge < -0.3 is 10.6 Å². The van der Waals surface area contributed by atoms with Crippen LogP contribution in [0, 0.1) is 0 Å². The molecule has 1 aromatic carbocycles. The van der Waals surface area contributed by atoms with Gasteiger partial charge in [0.1, 0.15) is 6.54 Å². The zero-order chi connectivity index (χ0) is 16.3. The fraction of sp³-hybridized carbons (Fsp3) is 0.364. The third-order valence-electron chi connectivity index (χ3n) is 2.21. The van der Waals surface area contributed by atoms with Crippen LogP contribution in [0.1, 0.15) is 5.56 Å². The first kappa shape index (κ1) is 17.6. The molecule has 0 heterocycles. The molecule has 0 aliphatic rings. The molecule has 0 spiro atoms. The first-order chi connectivity index (χ1) is 9.49. The molecule has 1 amide bonds. The van der Waals surface area contributed by atoms with Gasteiger partial charge in [-0.15, -0.1) is 0 Å². The lowest BCUT2D eigenvalue weighted by atomic mass is 10.2. The van der Waals surface area contributed by atoms with Crippen LogP contribution in [0.5, 0.6) is 0 Å². The third kappa shape index (κ3) is 6.23. The molecular weight excluding hydrogens is 370 g/mol. The van der Waals surface area contributed by atoms with Crippen LogP contribution in [-0.2, 0) is 11.0 Å². The van der Waals surface area contributed by atoms with Crippen LogP contribution < -0.4 is 10.6 Å². The normalized spacial score (nSPS) is 12.1. The van der Waals surface area contributed by atoms with Crippen LogP contribution in [0.4, 0.5) is 32.0 Å². The maximum absolute atomic E-state index is 12.6. The first-order valence-electron chi connectivity index (χ1n) is 5.43. The predicted molar refractivity (Wildman–Crippen MR) is 66.7 cm³/mol. The molecule has 0 radical (unpaired) electrons. The Kier molecular flexibility index (Phi) is 5.48. The SMILES string of the molecule is O=C(CNc1ccc(Br)c(C(F)(F)F)c1)NCC(F)(F)F. The molecule has 3 nitrogen and oxygen atoms in total. The highest BCUT2D eigenvalue weighted by molar-refractivity contribution is 9.10. The Morgan fingerprint density at radius 1 is 1.14 bits per heavy atom. The summed E-state index contributed by atoms with van der Waals surface area (Å²) < 4.78 is 73.2. The van der Waals surface area contributed by atoms with E-state index in [-0.39, 0.29) is 10.2 Å². The quantitative estimate of drug-likeness (QED) is 0.786. The second kappa shape index (κ2) is 6.54. The largest absolute Gasteiger partial charge is 0.417 e. The van der Waals surface area contributed by atoms with Crippen molar-refractivity contribution in [3.05, 3.63) is 28.2 Å². The van der Waals surface area contributed by atoms with Gasteiger partial charge >= 0.3 is 12.4 Å². The highest BCUT2D eigenvalue weighted by Crippen LogP contribution is 2.36. The Morgan fingerprint density at radius 2 is 1.76 bits per heavy atom. The van der Waals surface area contributed by atoms with Crippen LogP contribution in [0.3, 0.4) is 0 Å². The molecule has 21 heavy (non-hydrogen) atoms. The number of halogens is 7. The number of anilines is 1. The fourth-order valence-electron chi connectivity index (χ4n) is 1.30. The van der Waals surface area contributed by atoms with Crippen LogP contribution in [0.25, 0.3) is 0 Å². The fourth-order valence-corrected chi connectivity index (χ4v) is 1.77. The van der Waals surface area contributed by atoms with Crippen molar-refractivity contribution in [1.82, 2.24) is 5.32 Å². The zero-order valence-electron chi connectivity index (χ0n) is 10.2. The van der Waals surface area contributed by atoms with Gasteiger partial charge in [0.05, 0.1) is 12.1 Å². The molecule has 0 fully saturated rings. The molecule has 1 aromatic rings. The summed E-state index contributed by atoms with van der Waals surface area (Å²) in [4.78, 5) is 11.1. The van der Waals surface area contributed by atoms with Gasteiger partial charge in [0.2, 0.25) is 5.91 Å². The summed E-state index contributed by atoms with van der Waals surface area (Å²) in [5.74, 6) is -0.983. The van der Waals surface area contributed by atoms with Crippen LogP contribution in [0.2, 0.25) is 0 Å². The summed E-state index contributed by atoms with van der Waals surface area (Å²) in [6.45, 7) is -2.07. The van der Waals surface area contributed by atoms with E-state index in [1.165, 1.54) is 6.07 Å². The van der Waals surface area contributed by atoms with E-state index < -0.39 is 36.9 Å². The standard InChI is InChI=1S/C11H9BrF6N2O/c12-8-2-1-6(3-7(8)11(16,17)18)19-4-9(21)20-5-10(13,14)15/h1-3,19H,4-5H2,(H,20,21). The van der Waals surface area contributed by atoms with Crippen molar-refractivity contribution < 1.29 is 31.1 Å². The number of nitrogens with one attached hydrogen (secondary N) is 2. The number of carbonyl (C=O) groups is 1. The molecule has 0 bridgehead atoms. The Balaban J connectivity index is 2.62. The second-order valence-corrected chi connectivity index (χ2v) is 4.79. The van der Waals surface area contributed by atoms with Gasteiger partial charge in [-0.3, -0.25) is 4.79 Å². The molecule has 0 unspecified atom stereocenters. The van der Waals surface area contributed by atoms with Gasteiger partial charge in [-0.05, 0) is 18.2 Å². The molecule has 0 aromatic heterocycles. The van der Waals surface area contributed by atoms with E-state index in [0.717, 1.165) is 12.1 Å². The molecule has 1 rings (SSSR count). The molecule has 0 saturated heterocycles. The number of hydrogen-bond donors (Lipinski definition) is 2. The first-order valence-corrected chi connectivity index (χ1v) is 6.22. The van der Waals surface area contributed by atoms with E-state index in [4.69, 9.17) is 0 Å². The zero-order valence-corrected chi connectivity index (χ0v) is 11.8. The predicted octanol–water partition coefficient (Wildman–Crippen LogP) is 3.56. The summed E-state index contributed by atoms with van der Waals surface area (Å²) in [6.07, 6.45) is -9.13. The average Bonchev–Trinajstić information content (AvgIpc) is 2.33. The number of benzene rings is 1. The Labute approximate surface area is 123 Å². The van der Waals surface area contributed by atoms with Crippen LogP contribution >= 0.6 is 15.9 Å². The maximum atomic E-state index is 12.6. The van der Waals surface area contributed by atoms with Gasteiger partial charge in [-0.25, -0.2) is 0 Å². The molecule has 0 atom stereocenters. The van der Waals surface area contributed by atoms with Gasteiger partial charge in [0.15, 0.2) is 0 Å². The van der Waals surface area contributed by atoms with Gasteiger partial charge in [0.25, 0.3) is 0 Å². The number of amides is 1. The van der Waals surface area contributed by atoms with Crippen molar-refractivity contribution in [2.75, 3.05) is 18.4 Å². The van der Waals surface area contributed by atoms with E-state index in [1.54, 1.807) is 5.32 Å². The monoisotopic (exact) mass is 378 g/mol. The topological polar surface area (TPSA) is 41.1 Å². The van der Waals surface area contributed by atoms with E-state index in [2.05, 4.69) is 21.2 Å². The summed E-state index contributed by atoms with van der Waals surface area (Å²) in [7, 11) is 0. The van der Waals surface area contributed by atoms with E-state index in [0.29, 0.717) is 0 Å². The molecule has 10 heteroatoms. The molecule has 0 aliphatic heterocycles. The molecular formula is C11H9BrF6N2O. The van der Waals surface area contributed by atoms with E-state index >= 15 is 0 Å². The number of alkyl halides is 6. The number of carbonyl (C=O) groups excluding carboxylic acids is 1. The second-order valence-electron chi connectivity index (χ2n) is 3.94. The summed E-state index contributed by atoms with van der Waals surface area (Å²) in [6, 6.07) is 3.14. The van der Waals surface area contributed by atoms with Gasteiger partial charge in [-0.1, -0.05) is 15.9 Å². The molecule has 118 valence electrons. The summed E-state index contributed by atoms with van der Waals surface area (Å²) >= 11 is 2.74. The highest BCUT2D eigenvalue weighted by Gasteiger charge is 2.33. The number of hydrogen-bond acceptors (Lipinski definition) is 2. The van der Waals surface area contributed by atoms with Crippen molar-refractivity contribution in [3.63, 3.8) is 0 Å². The lowest BCUT2D eigenvalue weighted by Gasteiger charge is -2.13. The van der Waals surface area contributed by atoms with Crippen molar-refractivity contribution in [1.29, 1.82) is 0 Å². The van der Waals surface area contributed by atoms with E-state index in [9.17, 15) is 31.1 Å². The molecule has 0 aliphatic carbocycles. The third-order valence-corrected chi connectivity index (χ3v) is 2.90. The minimum absolute atomic E-state index is 0.0346. The van der Waals surface area contributed by atoms with Crippen LogP contribution in [-0.4, -0.2) is 25.2 Å². The van der Waals surface area contributed by atoms with Gasteiger partial charge in [-0.2, -0.15) is 26.3 Å². The maximum Gasteiger partial charge on any atom is 0.417 e. The van der Waals surface area contributed by atoms with Gasteiger partial charge in [0, 0.05) is 10.2 Å². The lowest BCUT2D eigenvalue weighted by molar-refractivity contribution is -0.138. The summed E-state index contributed by atoms with van der Waals surface area (Å²) in [5, 5.41) is 3.91. The molecule has 2 N–H and O–H groups in total. The highest BCUT2D eigenvalue weighted by atomic mass is 79.9. The Hall–Kier alpha value is -1.45. The lowest BCUT2D eigenvalue weighted by Crippen LogP contribution is -2.37. The minimum atomic E-state index is -4.59. The number of rotatable bonds is 4. The Morgan fingerprint density at radius 3 is 2.29 bits per heavy atom. The smallest absolute Gasteiger partial charge is 0.376 e. The van der Waals surface area contributed by atoms with Crippen molar-refractivity contribution in [2.45, 2.75) is 12.4 Å². The summed E-state index contributed by atoms with van der Waals surface area (Å²) in [5.41, 5.74) is -0.990. The van der Waals surface area contributed by atoms with Crippen LogP contribution in [0.15, 0.2) is 22.7 Å². The minimum Gasteiger partial charge on any atom is -0.376 e. The van der Waals surface area contributed by atoms with E-state index in [1.807, 2.05) is 0 Å². The van der Waals surface area contributed by atoms with Crippen molar-refractivity contribution in [2.24, 2.45) is 0 Å². The Bertz CT molecular complexity index is 514. The van der Waals surface area contributed by atoms with Crippen molar-refractivity contribution in [3.8, 4) is 0 Å².